The van der Waals surface area contributed by atoms with E-state index in [1.807, 2.05) is 57.3 Å². The molecule has 0 heterocycles. The minimum absolute atomic E-state index is 0.121. The molecule has 0 saturated heterocycles. The predicted octanol–water partition coefficient (Wildman–Crippen LogP) is 4.36. The van der Waals surface area contributed by atoms with Crippen LogP contribution in [0.3, 0.4) is 0 Å². The van der Waals surface area contributed by atoms with Gasteiger partial charge in [-0.1, -0.05) is 23.8 Å². The Morgan fingerprint density at radius 3 is 2.55 bits per heavy atom. The molecular formula is C16H17BrN2O. The minimum atomic E-state index is -0.121. The molecule has 2 N–H and O–H groups in total. The minimum Gasteiger partial charge on any atom is -0.387 e. The maximum Gasteiger partial charge on any atom is 0.257 e. The third-order valence-corrected chi connectivity index (χ3v) is 4.18. The molecule has 0 radical (unpaired) electrons. The lowest BCUT2D eigenvalue weighted by molar-refractivity contribution is 0.102. The van der Waals surface area contributed by atoms with Gasteiger partial charge >= 0.3 is 0 Å². The smallest absolute Gasteiger partial charge is 0.257 e. The van der Waals surface area contributed by atoms with Crippen LogP contribution in [-0.4, -0.2) is 13.0 Å². The Morgan fingerprint density at radius 2 is 1.85 bits per heavy atom. The summed E-state index contributed by atoms with van der Waals surface area (Å²) in [4.78, 5) is 12.4. The second kappa shape index (κ2) is 6.09. The normalized spacial score (nSPS) is 10.2. The van der Waals surface area contributed by atoms with E-state index in [2.05, 4.69) is 26.6 Å². The molecule has 0 saturated carbocycles. The van der Waals surface area contributed by atoms with Gasteiger partial charge in [0, 0.05) is 17.2 Å². The predicted molar refractivity (Wildman–Crippen MR) is 87.6 cm³/mol. The molecule has 0 bridgehead atoms. The first-order chi connectivity index (χ1) is 9.52. The summed E-state index contributed by atoms with van der Waals surface area (Å²) in [6.07, 6.45) is 0. The molecule has 3 nitrogen and oxygen atoms in total. The maximum absolute atomic E-state index is 12.4. The van der Waals surface area contributed by atoms with Crippen molar-refractivity contribution in [3.63, 3.8) is 0 Å². The molecule has 0 atom stereocenters. The number of anilines is 2. The second-order valence-electron chi connectivity index (χ2n) is 4.69. The fourth-order valence-electron chi connectivity index (χ4n) is 2.00. The van der Waals surface area contributed by atoms with Gasteiger partial charge in [0.25, 0.3) is 5.91 Å². The Labute approximate surface area is 127 Å². The van der Waals surface area contributed by atoms with E-state index in [4.69, 9.17) is 0 Å². The third kappa shape index (κ3) is 3.02. The van der Waals surface area contributed by atoms with E-state index in [-0.39, 0.29) is 5.91 Å². The number of hydrogen-bond acceptors (Lipinski definition) is 2. The van der Waals surface area contributed by atoms with Gasteiger partial charge in [0.1, 0.15) is 0 Å². The monoisotopic (exact) mass is 332 g/mol. The number of halogens is 1. The number of carbonyl (C=O) groups is 1. The summed E-state index contributed by atoms with van der Waals surface area (Å²) in [5.41, 5.74) is 4.37. The Balaban J connectivity index is 2.33. The van der Waals surface area contributed by atoms with Gasteiger partial charge in [0.05, 0.1) is 11.3 Å². The highest BCUT2D eigenvalue weighted by Crippen LogP contribution is 2.27. The molecule has 1 amide bonds. The van der Waals surface area contributed by atoms with Crippen molar-refractivity contribution < 1.29 is 4.79 Å². The molecule has 4 heteroatoms. The van der Waals surface area contributed by atoms with Gasteiger partial charge in [0.2, 0.25) is 0 Å². The second-order valence-corrected chi connectivity index (χ2v) is 5.48. The number of amides is 1. The van der Waals surface area contributed by atoms with E-state index in [0.717, 1.165) is 27.0 Å². The highest BCUT2D eigenvalue weighted by atomic mass is 79.9. The highest BCUT2D eigenvalue weighted by molar-refractivity contribution is 9.10. The number of aryl methyl sites for hydroxylation is 2. The van der Waals surface area contributed by atoms with Crippen LogP contribution in [-0.2, 0) is 0 Å². The fourth-order valence-corrected chi connectivity index (χ4v) is 2.36. The van der Waals surface area contributed by atoms with Crippen LogP contribution in [0.5, 0.6) is 0 Å². The van der Waals surface area contributed by atoms with Crippen molar-refractivity contribution >= 4 is 33.2 Å². The quantitative estimate of drug-likeness (QED) is 0.876. The van der Waals surface area contributed by atoms with E-state index in [9.17, 15) is 4.79 Å². The Hall–Kier alpha value is -1.81. The fraction of sp³-hybridized carbons (Fsp3) is 0.188. The van der Waals surface area contributed by atoms with Crippen LogP contribution in [0.1, 0.15) is 21.5 Å². The van der Waals surface area contributed by atoms with Gasteiger partial charge in [-0.3, -0.25) is 4.79 Å². The van der Waals surface area contributed by atoms with E-state index >= 15 is 0 Å². The molecule has 0 aromatic heterocycles. The molecule has 0 unspecified atom stereocenters. The molecule has 0 fully saturated rings. The van der Waals surface area contributed by atoms with Crippen LogP contribution in [0.25, 0.3) is 0 Å². The van der Waals surface area contributed by atoms with Crippen LogP contribution >= 0.6 is 15.9 Å². The van der Waals surface area contributed by atoms with E-state index in [0.29, 0.717) is 5.56 Å². The van der Waals surface area contributed by atoms with Crippen LogP contribution < -0.4 is 10.6 Å². The molecule has 0 aliphatic carbocycles. The van der Waals surface area contributed by atoms with Crippen molar-refractivity contribution in [2.24, 2.45) is 0 Å². The average molecular weight is 333 g/mol. The zero-order valence-electron chi connectivity index (χ0n) is 11.8. The molecule has 104 valence electrons. The average Bonchev–Trinajstić information content (AvgIpc) is 2.43. The van der Waals surface area contributed by atoms with E-state index < -0.39 is 0 Å². The number of benzene rings is 2. The third-order valence-electron chi connectivity index (χ3n) is 3.13. The Kier molecular flexibility index (Phi) is 4.45. The van der Waals surface area contributed by atoms with Crippen LogP contribution in [0.4, 0.5) is 11.4 Å². The number of hydrogen-bond donors (Lipinski definition) is 2. The van der Waals surface area contributed by atoms with Crippen molar-refractivity contribution in [3.8, 4) is 0 Å². The van der Waals surface area contributed by atoms with Gasteiger partial charge in [-0.2, -0.15) is 0 Å². The van der Waals surface area contributed by atoms with Crippen molar-refractivity contribution in [1.29, 1.82) is 0 Å². The summed E-state index contributed by atoms with van der Waals surface area (Å²) in [6, 6.07) is 11.6. The van der Waals surface area contributed by atoms with Crippen LogP contribution in [0.2, 0.25) is 0 Å². The first kappa shape index (κ1) is 14.6. The molecule has 2 aromatic rings. The first-order valence-electron chi connectivity index (χ1n) is 6.38. The number of nitrogens with one attached hydrogen (secondary N) is 2. The van der Waals surface area contributed by atoms with Crippen LogP contribution in [0.15, 0.2) is 40.9 Å². The van der Waals surface area contributed by atoms with Gasteiger partial charge in [-0.25, -0.2) is 0 Å². The van der Waals surface area contributed by atoms with Gasteiger partial charge in [-0.15, -0.1) is 0 Å². The summed E-state index contributed by atoms with van der Waals surface area (Å²) in [7, 11) is 1.81. The van der Waals surface area contributed by atoms with Crippen LogP contribution in [0, 0.1) is 13.8 Å². The molecule has 20 heavy (non-hydrogen) atoms. The van der Waals surface area contributed by atoms with Gasteiger partial charge in [-0.05, 0) is 53.5 Å². The topological polar surface area (TPSA) is 41.1 Å². The lowest BCUT2D eigenvalue weighted by atomic mass is 10.1. The molecule has 2 rings (SSSR count). The molecular weight excluding hydrogens is 316 g/mol. The van der Waals surface area contributed by atoms with Crippen molar-refractivity contribution in [1.82, 2.24) is 0 Å². The summed E-state index contributed by atoms with van der Waals surface area (Å²) < 4.78 is 0.909. The maximum atomic E-state index is 12.4. The highest BCUT2D eigenvalue weighted by Gasteiger charge is 2.13. The Bertz CT molecular complexity index is 653. The van der Waals surface area contributed by atoms with Crippen molar-refractivity contribution in [3.05, 3.63) is 57.6 Å². The largest absolute Gasteiger partial charge is 0.387 e. The van der Waals surface area contributed by atoms with E-state index in [1.165, 1.54) is 0 Å². The lowest BCUT2D eigenvalue weighted by Crippen LogP contribution is -2.14. The van der Waals surface area contributed by atoms with Crippen molar-refractivity contribution in [2.75, 3.05) is 17.7 Å². The summed E-state index contributed by atoms with van der Waals surface area (Å²) >= 11 is 3.50. The zero-order valence-corrected chi connectivity index (χ0v) is 13.3. The van der Waals surface area contributed by atoms with Crippen molar-refractivity contribution in [2.45, 2.75) is 13.8 Å². The number of rotatable bonds is 3. The molecule has 2 aromatic carbocycles. The SMILES string of the molecule is CNc1ccc(C)cc1C(=O)Nc1cccc(C)c1Br. The zero-order chi connectivity index (χ0) is 14.7. The first-order valence-corrected chi connectivity index (χ1v) is 7.17. The molecule has 0 spiro atoms. The van der Waals surface area contributed by atoms with Gasteiger partial charge in [0.15, 0.2) is 0 Å². The summed E-state index contributed by atoms with van der Waals surface area (Å²) in [5, 5.41) is 5.99. The number of carbonyl (C=O) groups excluding carboxylic acids is 1. The molecule has 0 aliphatic rings. The molecule has 0 aliphatic heterocycles. The van der Waals surface area contributed by atoms with Gasteiger partial charge < -0.3 is 10.6 Å². The lowest BCUT2D eigenvalue weighted by Gasteiger charge is -2.12. The summed E-state index contributed by atoms with van der Waals surface area (Å²) in [5.74, 6) is -0.121. The summed E-state index contributed by atoms with van der Waals surface area (Å²) in [6.45, 7) is 3.96. The standard InChI is InChI=1S/C16H17BrN2O/c1-10-7-8-13(18-3)12(9-10)16(20)19-14-6-4-5-11(2)15(14)17/h4-9,18H,1-3H3,(H,19,20). The Morgan fingerprint density at radius 1 is 1.10 bits per heavy atom. The van der Waals surface area contributed by atoms with E-state index in [1.54, 1.807) is 0 Å².